The van der Waals surface area contributed by atoms with Crippen LogP contribution in [0, 0.1) is 11.8 Å². The van der Waals surface area contributed by atoms with E-state index in [1.165, 1.54) is 18.4 Å². The number of aldehydes is 1. The number of benzene rings is 1. The molecule has 1 nitrogen and oxygen atoms in total. The Balaban J connectivity index is 2.04. The second-order valence-electron chi connectivity index (χ2n) is 4.74. The van der Waals surface area contributed by atoms with Gasteiger partial charge in [0.15, 0.2) is 0 Å². The van der Waals surface area contributed by atoms with Crippen molar-refractivity contribution in [2.24, 2.45) is 11.8 Å². The van der Waals surface area contributed by atoms with Crippen molar-refractivity contribution < 1.29 is 4.79 Å². The molecule has 2 unspecified atom stereocenters. The Morgan fingerprint density at radius 3 is 2.60 bits per heavy atom. The zero-order valence-corrected chi connectivity index (χ0v) is 9.20. The van der Waals surface area contributed by atoms with E-state index in [-0.39, 0.29) is 11.3 Å². The maximum atomic E-state index is 11.0. The van der Waals surface area contributed by atoms with Gasteiger partial charge in [-0.05, 0) is 36.8 Å². The molecule has 1 aromatic rings. The molecular weight excluding hydrogens is 208 g/mol. The van der Waals surface area contributed by atoms with Gasteiger partial charge >= 0.3 is 0 Å². The van der Waals surface area contributed by atoms with Gasteiger partial charge in [0.2, 0.25) is 0 Å². The molecule has 0 N–H and O–H groups in total. The van der Waals surface area contributed by atoms with Crippen molar-refractivity contribution in [1.82, 2.24) is 0 Å². The van der Waals surface area contributed by atoms with Crippen LogP contribution < -0.4 is 0 Å². The van der Waals surface area contributed by atoms with Gasteiger partial charge in [-0.25, -0.2) is 0 Å². The van der Waals surface area contributed by atoms with E-state index in [9.17, 15) is 4.79 Å². The number of hydrogen-bond acceptors (Lipinski definition) is 1. The van der Waals surface area contributed by atoms with E-state index in [0.29, 0.717) is 5.92 Å². The van der Waals surface area contributed by atoms with Gasteiger partial charge in [0.05, 0.1) is 0 Å². The van der Waals surface area contributed by atoms with Crippen molar-refractivity contribution in [3.05, 3.63) is 34.9 Å². The first-order valence-electron chi connectivity index (χ1n) is 5.49. The fraction of sp³-hybridized carbons (Fsp3) is 0.462. The fourth-order valence-corrected chi connectivity index (χ4v) is 3.22. The average Bonchev–Trinajstić information content (AvgIpc) is 3.12. The summed E-state index contributed by atoms with van der Waals surface area (Å²) in [4.78, 5) is 11.0. The number of hydrogen-bond donors (Lipinski definition) is 0. The maximum absolute atomic E-state index is 11.0. The van der Waals surface area contributed by atoms with Gasteiger partial charge in [-0.3, -0.25) is 0 Å². The van der Waals surface area contributed by atoms with Gasteiger partial charge in [-0.15, -0.1) is 0 Å². The Kier molecular flexibility index (Phi) is 1.93. The molecule has 2 heteroatoms. The Hall–Kier alpha value is -0.820. The Morgan fingerprint density at radius 2 is 2.07 bits per heavy atom. The van der Waals surface area contributed by atoms with Crippen LogP contribution in [0.2, 0.25) is 5.02 Å². The molecule has 0 aromatic heterocycles. The van der Waals surface area contributed by atoms with E-state index in [2.05, 4.69) is 6.07 Å². The molecule has 2 saturated carbocycles. The van der Waals surface area contributed by atoms with E-state index in [1.807, 2.05) is 18.2 Å². The van der Waals surface area contributed by atoms with Gasteiger partial charge in [0, 0.05) is 16.4 Å². The van der Waals surface area contributed by atoms with Crippen LogP contribution in [0.1, 0.15) is 24.8 Å². The highest BCUT2D eigenvalue weighted by Crippen LogP contribution is 2.66. The molecule has 0 saturated heterocycles. The van der Waals surface area contributed by atoms with E-state index < -0.39 is 0 Å². The third-order valence-corrected chi connectivity index (χ3v) is 4.23. The second-order valence-corrected chi connectivity index (χ2v) is 5.15. The topological polar surface area (TPSA) is 17.1 Å². The first-order chi connectivity index (χ1) is 7.29. The predicted octanol–water partition coefficient (Wildman–Crippen LogP) is 3.21. The van der Waals surface area contributed by atoms with Crippen molar-refractivity contribution in [3.63, 3.8) is 0 Å². The summed E-state index contributed by atoms with van der Waals surface area (Å²) in [6, 6.07) is 7.99. The van der Waals surface area contributed by atoms with E-state index in [4.69, 9.17) is 11.6 Å². The molecule has 0 bridgehead atoms. The Bertz CT molecular complexity index is 411. The SMILES string of the molecule is O=CC1CC1(c1ccccc1Cl)C1CC1. The summed E-state index contributed by atoms with van der Waals surface area (Å²) in [5.74, 6) is 0.914. The molecule has 78 valence electrons. The molecule has 0 spiro atoms. The van der Waals surface area contributed by atoms with Gasteiger partial charge in [0.1, 0.15) is 6.29 Å². The lowest BCUT2D eigenvalue weighted by Gasteiger charge is -2.17. The van der Waals surface area contributed by atoms with Crippen LogP contribution in [-0.2, 0) is 10.2 Å². The summed E-state index contributed by atoms with van der Waals surface area (Å²) in [6.45, 7) is 0. The first kappa shape index (κ1) is 9.41. The third kappa shape index (κ3) is 1.26. The number of carbonyl (C=O) groups excluding carboxylic acids is 1. The molecule has 2 aliphatic rings. The molecule has 0 heterocycles. The minimum atomic E-state index is 0.111. The van der Waals surface area contributed by atoms with Gasteiger partial charge < -0.3 is 4.79 Å². The fourth-order valence-electron chi connectivity index (χ4n) is 2.91. The lowest BCUT2D eigenvalue weighted by molar-refractivity contribution is -0.109. The molecular formula is C13H13ClO. The molecule has 2 aliphatic carbocycles. The van der Waals surface area contributed by atoms with E-state index in [1.54, 1.807) is 0 Å². The minimum Gasteiger partial charge on any atom is -0.303 e. The third-order valence-electron chi connectivity index (χ3n) is 3.90. The first-order valence-corrected chi connectivity index (χ1v) is 5.87. The highest BCUT2D eigenvalue weighted by Gasteiger charge is 2.63. The summed E-state index contributed by atoms with van der Waals surface area (Å²) >= 11 is 6.23. The van der Waals surface area contributed by atoms with Crippen molar-refractivity contribution >= 4 is 17.9 Å². The highest BCUT2D eigenvalue weighted by molar-refractivity contribution is 6.31. The standard InChI is InChI=1S/C13H13ClO/c14-12-4-2-1-3-11(12)13(9-5-6-9)7-10(13)8-15/h1-4,8-10H,5-7H2. The quantitative estimate of drug-likeness (QED) is 0.715. The van der Waals surface area contributed by atoms with Crippen LogP contribution in [0.3, 0.4) is 0 Å². The molecule has 3 rings (SSSR count). The van der Waals surface area contributed by atoms with Crippen LogP contribution >= 0.6 is 11.6 Å². The Morgan fingerprint density at radius 1 is 1.33 bits per heavy atom. The van der Waals surface area contributed by atoms with Crippen LogP contribution in [0.15, 0.2) is 24.3 Å². The zero-order chi connectivity index (χ0) is 10.5. The van der Waals surface area contributed by atoms with Crippen LogP contribution in [0.25, 0.3) is 0 Å². The van der Waals surface area contributed by atoms with Crippen molar-refractivity contribution in [2.75, 3.05) is 0 Å². The van der Waals surface area contributed by atoms with Crippen LogP contribution in [0.4, 0.5) is 0 Å². The van der Waals surface area contributed by atoms with Crippen molar-refractivity contribution in [1.29, 1.82) is 0 Å². The summed E-state index contributed by atoms with van der Waals surface area (Å²) in [5.41, 5.74) is 1.31. The summed E-state index contributed by atoms with van der Waals surface area (Å²) in [5, 5.41) is 0.828. The molecule has 2 fully saturated rings. The second kappa shape index (κ2) is 3.08. The minimum absolute atomic E-state index is 0.111. The molecule has 0 radical (unpaired) electrons. The van der Waals surface area contributed by atoms with Crippen LogP contribution in [-0.4, -0.2) is 6.29 Å². The smallest absolute Gasteiger partial charge is 0.124 e. The summed E-state index contributed by atoms with van der Waals surface area (Å²) in [6.07, 6.45) is 4.64. The number of halogens is 1. The molecule has 15 heavy (non-hydrogen) atoms. The molecule has 2 atom stereocenters. The number of carbonyl (C=O) groups is 1. The largest absolute Gasteiger partial charge is 0.303 e. The van der Waals surface area contributed by atoms with E-state index in [0.717, 1.165) is 17.7 Å². The molecule has 1 aromatic carbocycles. The summed E-state index contributed by atoms with van der Waals surface area (Å²) < 4.78 is 0. The lowest BCUT2D eigenvalue weighted by atomic mass is 9.88. The van der Waals surface area contributed by atoms with Gasteiger partial charge in [0.25, 0.3) is 0 Å². The summed E-state index contributed by atoms with van der Waals surface area (Å²) in [7, 11) is 0. The monoisotopic (exact) mass is 220 g/mol. The normalized spacial score (nSPS) is 33.8. The molecule has 0 amide bonds. The zero-order valence-electron chi connectivity index (χ0n) is 8.45. The predicted molar refractivity (Wildman–Crippen MR) is 60.0 cm³/mol. The van der Waals surface area contributed by atoms with Crippen LogP contribution in [0.5, 0.6) is 0 Å². The Labute approximate surface area is 94.4 Å². The number of rotatable bonds is 3. The molecule has 0 aliphatic heterocycles. The average molecular weight is 221 g/mol. The lowest BCUT2D eigenvalue weighted by Crippen LogP contribution is -2.14. The van der Waals surface area contributed by atoms with Gasteiger partial charge in [-0.2, -0.15) is 0 Å². The van der Waals surface area contributed by atoms with Crippen molar-refractivity contribution in [3.8, 4) is 0 Å². The highest BCUT2D eigenvalue weighted by atomic mass is 35.5. The van der Waals surface area contributed by atoms with Crippen molar-refractivity contribution in [2.45, 2.75) is 24.7 Å². The van der Waals surface area contributed by atoms with Gasteiger partial charge in [-0.1, -0.05) is 29.8 Å². The maximum Gasteiger partial charge on any atom is 0.124 e. The van der Waals surface area contributed by atoms with E-state index >= 15 is 0 Å².